The van der Waals surface area contributed by atoms with Gasteiger partial charge >= 0.3 is 5.97 Å². The highest BCUT2D eigenvalue weighted by atomic mass is 16.6. The van der Waals surface area contributed by atoms with Crippen molar-refractivity contribution in [3.63, 3.8) is 0 Å². The minimum absolute atomic E-state index is 0.133. The summed E-state index contributed by atoms with van der Waals surface area (Å²) in [6, 6.07) is 0. The molecule has 48 heavy (non-hydrogen) atoms. The predicted octanol–water partition coefficient (Wildman–Crippen LogP) is 9.07. The summed E-state index contributed by atoms with van der Waals surface area (Å²) in [6.45, 7) is 14.0. The number of methoxy groups -OCH3 is 1. The lowest BCUT2D eigenvalue weighted by Gasteiger charge is -2.29. The first kappa shape index (κ1) is 47.0. The van der Waals surface area contributed by atoms with Crippen molar-refractivity contribution in [3.8, 4) is 0 Å². The number of nitrogens with zero attached hydrogens (tertiary/aromatic N) is 1. The van der Waals surface area contributed by atoms with Crippen molar-refractivity contribution in [1.29, 1.82) is 0 Å². The van der Waals surface area contributed by atoms with Gasteiger partial charge in [0.15, 0.2) is 0 Å². The zero-order chi connectivity index (χ0) is 35.2. The molecule has 0 saturated carbocycles. The van der Waals surface area contributed by atoms with Gasteiger partial charge in [-0.05, 0) is 90.1 Å². The van der Waals surface area contributed by atoms with E-state index in [9.17, 15) is 9.90 Å². The summed E-state index contributed by atoms with van der Waals surface area (Å²) in [6.07, 6.45) is 27.1. The van der Waals surface area contributed by atoms with Gasteiger partial charge in [0.2, 0.25) is 0 Å². The number of hydrogen-bond donors (Lipinski definition) is 1. The third-order valence-corrected chi connectivity index (χ3v) is 8.77. The lowest BCUT2D eigenvalue weighted by Crippen LogP contribution is -2.33. The predicted molar refractivity (Wildman–Crippen MR) is 200 cm³/mol. The number of ether oxygens (including phenoxy) is 5. The van der Waals surface area contributed by atoms with Gasteiger partial charge in [0, 0.05) is 39.9 Å². The van der Waals surface area contributed by atoms with Crippen LogP contribution in [0.2, 0.25) is 0 Å². The Labute approximate surface area is 297 Å². The van der Waals surface area contributed by atoms with Gasteiger partial charge in [-0.25, -0.2) is 0 Å². The topological polar surface area (TPSA) is 86.7 Å². The van der Waals surface area contributed by atoms with Gasteiger partial charge in [-0.2, -0.15) is 0 Å². The number of aliphatic hydroxyl groups is 1. The van der Waals surface area contributed by atoms with Crippen LogP contribution in [0.3, 0.4) is 0 Å². The minimum Gasteiger partial charge on any atom is -0.463 e. The first-order valence-electron chi connectivity index (χ1n) is 20.0. The zero-order valence-corrected chi connectivity index (χ0v) is 32.1. The normalized spacial score (nSPS) is 13.1. The van der Waals surface area contributed by atoms with Crippen LogP contribution in [0.4, 0.5) is 0 Å². The third-order valence-electron chi connectivity index (χ3n) is 8.77. The van der Waals surface area contributed by atoms with Crippen molar-refractivity contribution in [2.45, 2.75) is 161 Å². The van der Waals surface area contributed by atoms with Crippen LogP contribution in [-0.2, 0) is 28.5 Å². The highest BCUT2D eigenvalue weighted by Crippen LogP contribution is 2.24. The van der Waals surface area contributed by atoms with E-state index >= 15 is 0 Å². The molecule has 0 radical (unpaired) electrons. The van der Waals surface area contributed by atoms with Crippen LogP contribution in [-0.4, -0.2) is 101 Å². The molecule has 0 aliphatic carbocycles. The number of rotatable bonds is 39. The van der Waals surface area contributed by atoms with Crippen LogP contribution in [0.25, 0.3) is 0 Å². The van der Waals surface area contributed by atoms with Gasteiger partial charge in [-0.15, -0.1) is 0 Å². The molecule has 8 heteroatoms. The first-order chi connectivity index (χ1) is 23.5. The molecular weight excluding hydrogens is 606 g/mol. The van der Waals surface area contributed by atoms with E-state index in [2.05, 4.69) is 37.8 Å². The van der Waals surface area contributed by atoms with Crippen molar-refractivity contribution in [2.24, 2.45) is 0 Å². The average Bonchev–Trinajstić information content (AvgIpc) is 3.07. The van der Waals surface area contributed by atoms with E-state index in [0.29, 0.717) is 71.9 Å². The standard InChI is InChI=1S/C40H79NO7/c1-5-8-9-10-11-12-13-14-15-16-17-18-19-20-21-24-39(42)48-38-37-46-32-23-26-40(43,25-22-31-45-36-35-44-4)27-33-47-34-30-41(28-6-2)29-7-3/h14-15,43H,5-13,16-38H2,1-4H3/b15-14-. The zero-order valence-electron chi connectivity index (χ0n) is 32.1. The Hall–Kier alpha value is -1.03. The smallest absolute Gasteiger partial charge is 0.305 e. The monoisotopic (exact) mass is 686 g/mol. The number of carbonyl (C=O) groups excluding carboxylic acids is 1. The maximum Gasteiger partial charge on any atom is 0.305 e. The number of allylic oxidation sites excluding steroid dienone is 2. The lowest BCUT2D eigenvalue weighted by atomic mass is 9.89. The van der Waals surface area contributed by atoms with Crippen molar-refractivity contribution >= 4 is 5.97 Å². The second kappa shape index (κ2) is 37.2. The van der Waals surface area contributed by atoms with E-state index in [-0.39, 0.29) is 12.6 Å². The van der Waals surface area contributed by atoms with Gasteiger partial charge in [0.1, 0.15) is 6.61 Å². The fourth-order valence-corrected chi connectivity index (χ4v) is 5.88. The Morgan fingerprint density at radius 3 is 1.69 bits per heavy atom. The largest absolute Gasteiger partial charge is 0.463 e. The highest BCUT2D eigenvalue weighted by Gasteiger charge is 2.26. The molecule has 0 spiro atoms. The van der Waals surface area contributed by atoms with E-state index < -0.39 is 5.60 Å². The Kier molecular flexibility index (Phi) is 36.4. The molecule has 0 saturated heterocycles. The van der Waals surface area contributed by atoms with Crippen LogP contribution < -0.4 is 0 Å². The van der Waals surface area contributed by atoms with Crippen LogP contribution in [0, 0.1) is 0 Å². The van der Waals surface area contributed by atoms with Gasteiger partial charge in [-0.1, -0.05) is 84.3 Å². The molecule has 0 aromatic heterocycles. The quantitative estimate of drug-likeness (QED) is 0.0390. The minimum atomic E-state index is -0.809. The number of esters is 1. The lowest BCUT2D eigenvalue weighted by molar-refractivity contribution is -0.145. The molecule has 0 rings (SSSR count). The van der Waals surface area contributed by atoms with E-state index in [0.717, 1.165) is 58.2 Å². The molecule has 0 aromatic carbocycles. The molecule has 1 atom stereocenters. The van der Waals surface area contributed by atoms with Gasteiger partial charge in [0.05, 0.1) is 32.0 Å². The third kappa shape index (κ3) is 33.5. The average molecular weight is 686 g/mol. The molecule has 1 N–H and O–H groups in total. The van der Waals surface area contributed by atoms with Gasteiger partial charge in [0.25, 0.3) is 0 Å². The van der Waals surface area contributed by atoms with E-state index in [4.69, 9.17) is 23.7 Å². The Balaban J connectivity index is 3.97. The van der Waals surface area contributed by atoms with Crippen LogP contribution >= 0.6 is 0 Å². The van der Waals surface area contributed by atoms with Crippen molar-refractivity contribution < 1.29 is 33.6 Å². The Bertz CT molecular complexity index is 686. The number of hydrogen-bond acceptors (Lipinski definition) is 8. The fraction of sp³-hybridized carbons (Fsp3) is 0.925. The van der Waals surface area contributed by atoms with E-state index in [1.807, 2.05) is 0 Å². The SMILES string of the molecule is CCCCCCCC/C=C\CCCCCCCC(=O)OCCOCCCC(O)(CCCOCCOC)CCOCCN(CCC)CCC. The summed E-state index contributed by atoms with van der Waals surface area (Å²) < 4.78 is 27.7. The van der Waals surface area contributed by atoms with E-state index in [1.54, 1.807) is 7.11 Å². The molecule has 0 bridgehead atoms. The Morgan fingerprint density at radius 1 is 0.562 bits per heavy atom. The van der Waals surface area contributed by atoms with Gasteiger partial charge in [-0.3, -0.25) is 4.79 Å². The highest BCUT2D eigenvalue weighted by molar-refractivity contribution is 5.69. The summed E-state index contributed by atoms with van der Waals surface area (Å²) in [4.78, 5) is 14.5. The van der Waals surface area contributed by atoms with Crippen LogP contribution in [0.5, 0.6) is 0 Å². The van der Waals surface area contributed by atoms with Crippen molar-refractivity contribution in [3.05, 3.63) is 12.2 Å². The second-order valence-corrected chi connectivity index (χ2v) is 13.4. The van der Waals surface area contributed by atoms with Crippen LogP contribution in [0.15, 0.2) is 12.2 Å². The van der Waals surface area contributed by atoms with Crippen molar-refractivity contribution in [2.75, 3.05) is 79.6 Å². The fourth-order valence-electron chi connectivity index (χ4n) is 5.88. The maximum absolute atomic E-state index is 12.1. The maximum atomic E-state index is 12.1. The summed E-state index contributed by atoms with van der Waals surface area (Å²) in [5.74, 6) is -0.133. The molecule has 0 aliphatic heterocycles. The number of unbranched alkanes of at least 4 members (excludes halogenated alkanes) is 11. The number of carbonyl (C=O) groups is 1. The molecule has 0 heterocycles. The van der Waals surface area contributed by atoms with E-state index in [1.165, 1.54) is 70.6 Å². The van der Waals surface area contributed by atoms with Gasteiger partial charge < -0.3 is 33.7 Å². The summed E-state index contributed by atoms with van der Waals surface area (Å²) in [5.41, 5.74) is -0.809. The van der Waals surface area contributed by atoms with Crippen LogP contribution in [0.1, 0.15) is 156 Å². The first-order valence-corrected chi connectivity index (χ1v) is 20.0. The van der Waals surface area contributed by atoms with Crippen molar-refractivity contribution in [1.82, 2.24) is 4.90 Å². The molecule has 286 valence electrons. The molecular formula is C40H79NO7. The molecule has 8 nitrogen and oxygen atoms in total. The summed E-state index contributed by atoms with van der Waals surface area (Å²) in [7, 11) is 1.67. The summed E-state index contributed by atoms with van der Waals surface area (Å²) >= 11 is 0. The second-order valence-electron chi connectivity index (χ2n) is 13.4. The Morgan fingerprint density at radius 2 is 1.10 bits per heavy atom. The molecule has 0 fully saturated rings. The summed E-state index contributed by atoms with van der Waals surface area (Å²) in [5, 5.41) is 11.4. The molecule has 1 unspecified atom stereocenters. The molecule has 0 amide bonds. The molecule has 0 aromatic rings. The molecule has 0 aliphatic rings.